The highest BCUT2D eigenvalue weighted by molar-refractivity contribution is 5.77. The topological polar surface area (TPSA) is 65.4 Å². The van der Waals surface area contributed by atoms with E-state index < -0.39 is 6.04 Å². The van der Waals surface area contributed by atoms with Gasteiger partial charge in [-0.25, -0.2) is 9.37 Å². The fourth-order valence-corrected chi connectivity index (χ4v) is 3.36. The van der Waals surface area contributed by atoms with Crippen LogP contribution < -0.4 is 14.8 Å². The zero-order chi connectivity index (χ0) is 21.7. The van der Waals surface area contributed by atoms with E-state index in [1.807, 2.05) is 36.9 Å². The SMILES string of the molecule is COc1cc(OC)cc(C(NC(=O)CC(C)c2ccc(F)cc2)c2nccn2C)c1. The van der Waals surface area contributed by atoms with E-state index in [0.717, 1.165) is 11.1 Å². The minimum atomic E-state index is -0.484. The number of hydrogen-bond acceptors (Lipinski definition) is 4. The molecule has 0 aliphatic heterocycles. The summed E-state index contributed by atoms with van der Waals surface area (Å²) >= 11 is 0. The Kier molecular flexibility index (Phi) is 6.72. The molecule has 1 N–H and O–H groups in total. The lowest BCUT2D eigenvalue weighted by Gasteiger charge is -2.21. The molecule has 3 aromatic rings. The van der Waals surface area contributed by atoms with E-state index in [2.05, 4.69) is 10.3 Å². The van der Waals surface area contributed by atoms with Gasteiger partial charge in [-0.3, -0.25) is 4.79 Å². The van der Waals surface area contributed by atoms with Gasteiger partial charge in [-0.15, -0.1) is 0 Å². The van der Waals surface area contributed by atoms with Gasteiger partial charge in [0.15, 0.2) is 0 Å². The van der Waals surface area contributed by atoms with Crippen molar-refractivity contribution in [3.8, 4) is 11.5 Å². The molecule has 30 heavy (non-hydrogen) atoms. The normalized spacial score (nSPS) is 12.8. The summed E-state index contributed by atoms with van der Waals surface area (Å²) in [5.41, 5.74) is 1.70. The first kappa shape index (κ1) is 21.4. The quantitative estimate of drug-likeness (QED) is 0.609. The Morgan fingerprint density at radius 2 is 1.73 bits per heavy atom. The van der Waals surface area contributed by atoms with E-state index in [-0.39, 0.29) is 24.1 Å². The number of carbonyl (C=O) groups is 1. The Labute approximate surface area is 175 Å². The van der Waals surface area contributed by atoms with Crippen molar-refractivity contribution in [2.24, 2.45) is 7.05 Å². The summed E-state index contributed by atoms with van der Waals surface area (Å²) in [7, 11) is 5.04. The number of nitrogens with zero attached hydrogens (tertiary/aromatic N) is 2. The Morgan fingerprint density at radius 3 is 2.27 bits per heavy atom. The van der Waals surface area contributed by atoms with Crippen LogP contribution in [0.4, 0.5) is 4.39 Å². The van der Waals surface area contributed by atoms with Crippen LogP contribution in [0.2, 0.25) is 0 Å². The Hall–Kier alpha value is -3.35. The molecule has 0 saturated carbocycles. The molecule has 2 aromatic carbocycles. The molecule has 0 fully saturated rings. The largest absolute Gasteiger partial charge is 0.497 e. The van der Waals surface area contributed by atoms with Crippen molar-refractivity contribution in [2.45, 2.75) is 25.3 Å². The minimum Gasteiger partial charge on any atom is -0.497 e. The summed E-state index contributed by atoms with van der Waals surface area (Å²) in [6.07, 6.45) is 3.77. The first-order chi connectivity index (χ1) is 14.4. The summed E-state index contributed by atoms with van der Waals surface area (Å²) in [6, 6.07) is 11.2. The number of benzene rings is 2. The second-order valence-corrected chi connectivity index (χ2v) is 7.20. The molecule has 0 aliphatic rings. The molecule has 1 amide bonds. The predicted molar refractivity (Wildman–Crippen MR) is 112 cm³/mol. The summed E-state index contributed by atoms with van der Waals surface area (Å²) in [6.45, 7) is 1.94. The van der Waals surface area contributed by atoms with Crippen LogP contribution in [0.15, 0.2) is 54.9 Å². The molecule has 0 spiro atoms. The number of halogens is 1. The first-order valence-electron chi connectivity index (χ1n) is 9.66. The van der Waals surface area contributed by atoms with Gasteiger partial charge >= 0.3 is 0 Å². The van der Waals surface area contributed by atoms with Gasteiger partial charge in [0, 0.05) is 31.9 Å². The van der Waals surface area contributed by atoms with Crippen molar-refractivity contribution in [3.05, 3.63) is 77.6 Å². The second kappa shape index (κ2) is 9.43. The lowest BCUT2D eigenvalue weighted by molar-refractivity contribution is -0.122. The molecule has 1 heterocycles. The zero-order valence-corrected chi connectivity index (χ0v) is 17.6. The van der Waals surface area contributed by atoms with Crippen LogP contribution in [0.5, 0.6) is 11.5 Å². The molecule has 158 valence electrons. The smallest absolute Gasteiger partial charge is 0.221 e. The van der Waals surface area contributed by atoms with E-state index in [9.17, 15) is 9.18 Å². The molecule has 0 saturated heterocycles. The van der Waals surface area contributed by atoms with Gasteiger partial charge in [0.25, 0.3) is 0 Å². The Bertz CT molecular complexity index is 979. The number of carbonyl (C=O) groups excluding carboxylic acids is 1. The average molecular weight is 411 g/mol. The maximum Gasteiger partial charge on any atom is 0.221 e. The maximum absolute atomic E-state index is 13.2. The van der Waals surface area contributed by atoms with Gasteiger partial charge in [0.2, 0.25) is 5.91 Å². The van der Waals surface area contributed by atoms with E-state index in [1.165, 1.54) is 12.1 Å². The average Bonchev–Trinajstić information content (AvgIpc) is 3.17. The lowest BCUT2D eigenvalue weighted by atomic mass is 9.97. The van der Waals surface area contributed by atoms with Crippen LogP contribution in [-0.2, 0) is 11.8 Å². The molecule has 0 bridgehead atoms. The fraction of sp³-hybridized carbons (Fsp3) is 0.304. The summed E-state index contributed by atoms with van der Waals surface area (Å²) < 4.78 is 25.8. The molecule has 2 unspecified atom stereocenters. The third-order valence-electron chi connectivity index (χ3n) is 5.06. The van der Waals surface area contributed by atoms with Gasteiger partial charge in [-0.2, -0.15) is 0 Å². The number of methoxy groups -OCH3 is 2. The third-order valence-corrected chi connectivity index (χ3v) is 5.06. The number of amides is 1. The van der Waals surface area contributed by atoms with Gasteiger partial charge in [0.05, 0.1) is 14.2 Å². The lowest BCUT2D eigenvalue weighted by Crippen LogP contribution is -2.31. The van der Waals surface area contributed by atoms with Crippen LogP contribution in [0.1, 0.15) is 42.3 Å². The highest BCUT2D eigenvalue weighted by Gasteiger charge is 2.23. The van der Waals surface area contributed by atoms with Crippen molar-refractivity contribution in [3.63, 3.8) is 0 Å². The van der Waals surface area contributed by atoms with Crippen molar-refractivity contribution in [1.82, 2.24) is 14.9 Å². The molecule has 6 nitrogen and oxygen atoms in total. The van der Waals surface area contributed by atoms with Gasteiger partial charge in [-0.05, 0) is 41.3 Å². The molecule has 2 atom stereocenters. The maximum atomic E-state index is 13.2. The van der Waals surface area contributed by atoms with Gasteiger partial charge in [0.1, 0.15) is 29.2 Å². The zero-order valence-electron chi connectivity index (χ0n) is 17.6. The molecule has 7 heteroatoms. The van der Waals surface area contributed by atoms with Crippen molar-refractivity contribution >= 4 is 5.91 Å². The Balaban J connectivity index is 1.86. The highest BCUT2D eigenvalue weighted by Crippen LogP contribution is 2.30. The van der Waals surface area contributed by atoms with Crippen LogP contribution in [-0.4, -0.2) is 29.7 Å². The summed E-state index contributed by atoms with van der Waals surface area (Å²) in [4.78, 5) is 17.3. The molecular formula is C23H26FN3O3. The van der Waals surface area contributed by atoms with E-state index >= 15 is 0 Å². The van der Waals surface area contributed by atoms with Crippen molar-refractivity contribution in [1.29, 1.82) is 0 Å². The monoisotopic (exact) mass is 411 g/mol. The summed E-state index contributed by atoms with van der Waals surface area (Å²) in [5, 5.41) is 3.08. The first-order valence-corrected chi connectivity index (χ1v) is 9.66. The number of aromatic nitrogens is 2. The van der Waals surface area contributed by atoms with Crippen LogP contribution in [0, 0.1) is 5.82 Å². The van der Waals surface area contributed by atoms with Crippen LogP contribution in [0.3, 0.4) is 0 Å². The molecule has 1 aromatic heterocycles. The number of ether oxygens (including phenoxy) is 2. The van der Waals surface area contributed by atoms with Gasteiger partial charge in [-0.1, -0.05) is 19.1 Å². The molecule has 3 rings (SSSR count). The molecule has 0 radical (unpaired) electrons. The minimum absolute atomic E-state index is 0.0625. The second-order valence-electron chi connectivity index (χ2n) is 7.20. The predicted octanol–water partition coefficient (Wildman–Crippen LogP) is 3.98. The summed E-state index contributed by atoms with van der Waals surface area (Å²) in [5.74, 6) is 1.44. The Morgan fingerprint density at radius 1 is 1.10 bits per heavy atom. The van der Waals surface area contributed by atoms with Gasteiger partial charge < -0.3 is 19.4 Å². The fourth-order valence-electron chi connectivity index (χ4n) is 3.36. The number of hydrogen-bond donors (Lipinski definition) is 1. The molecule has 0 aliphatic carbocycles. The van der Waals surface area contributed by atoms with Crippen molar-refractivity contribution < 1.29 is 18.7 Å². The standard InChI is InChI=1S/C23H26FN3O3/c1-15(16-5-7-18(24)8-6-16)11-21(28)26-22(23-25-9-10-27(23)2)17-12-19(29-3)14-20(13-17)30-4/h5-10,12-15,22H,11H2,1-4H3,(H,26,28). The van der Waals surface area contributed by atoms with Crippen molar-refractivity contribution in [2.75, 3.05) is 14.2 Å². The van der Waals surface area contributed by atoms with Crippen LogP contribution in [0.25, 0.3) is 0 Å². The van der Waals surface area contributed by atoms with E-state index in [1.54, 1.807) is 38.6 Å². The number of imidazole rings is 1. The number of aryl methyl sites for hydroxylation is 1. The molecular weight excluding hydrogens is 385 g/mol. The van der Waals surface area contributed by atoms with E-state index in [4.69, 9.17) is 9.47 Å². The highest BCUT2D eigenvalue weighted by atomic mass is 19.1. The van der Waals surface area contributed by atoms with E-state index in [0.29, 0.717) is 17.3 Å². The van der Waals surface area contributed by atoms with Crippen LogP contribution >= 0.6 is 0 Å². The third kappa shape index (κ3) is 4.97. The number of rotatable bonds is 8. The number of nitrogens with one attached hydrogen (secondary N) is 1.